The molecule has 3 aromatic carbocycles. The number of para-hydroxylation sites is 1. The molecule has 0 aliphatic carbocycles. The second-order valence-electron chi connectivity index (χ2n) is 5.31. The number of aryl methyl sites for hydroxylation is 1. The molecule has 2 N–H and O–H groups in total. The molecule has 0 saturated carbocycles. The molecular formula is C19H17N3O2. The normalized spacial score (nSPS) is 10.2. The van der Waals surface area contributed by atoms with Crippen molar-refractivity contribution in [2.24, 2.45) is 0 Å². The average molecular weight is 319 g/mol. The molecule has 0 amide bonds. The molecule has 120 valence electrons. The summed E-state index contributed by atoms with van der Waals surface area (Å²) in [5.41, 5.74) is 3.28. The van der Waals surface area contributed by atoms with Crippen molar-refractivity contribution in [1.82, 2.24) is 15.0 Å². The summed E-state index contributed by atoms with van der Waals surface area (Å²) in [5, 5.41) is 27.1. The fourth-order valence-corrected chi connectivity index (χ4v) is 2.19. The van der Waals surface area contributed by atoms with Crippen molar-refractivity contribution >= 4 is 11.0 Å². The monoisotopic (exact) mass is 319 g/mol. The van der Waals surface area contributed by atoms with Gasteiger partial charge in [-0.3, -0.25) is 0 Å². The lowest BCUT2D eigenvalue weighted by atomic mass is 10.2. The van der Waals surface area contributed by atoms with Crippen molar-refractivity contribution in [3.05, 3.63) is 78.4 Å². The maximum atomic E-state index is 9.81. The van der Waals surface area contributed by atoms with Crippen LogP contribution in [-0.4, -0.2) is 25.2 Å². The van der Waals surface area contributed by atoms with Crippen molar-refractivity contribution in [3.8, 4) is 17.2 Å². The van der Waals surface area contributed by atoms with E-state index in [4.69, 9.17) is 5.11 Å². The Morgan fingerprint density at radius 3 is 1.88 bits per heavy atom. The first-order valence-electron chi connectivity index (χ1n) is 7.49. The van der Waals surface area contributed by atoms with Gasteiger partial charge in [0.1, 0.15) is 28.2 Å². The first kappa shape index (κ1) is 15.6. The maximum Gasteiger partial charge on any atom is 0.143 e. The fourth-order valence-electron chi connectivity index (χ4n) is 2.19. The largest absolute Gasteiger partial charge is 0.508 e. The molecule has 0 atom stereocenters. The number of hydrogen-bond acceptors (Lipinski definition) is 4. The number of fused-ring (bicyclic) bond motifs is 1. The van der Waals surface area contributed by atoms with Crippen LogP contribution in [0.2, 0.25) is 0 Å². The van der Waals surface area contributed by atoms with E-state index < -0.39 is 0 Å². The summed E-state index contributed by atoms with van der Waals surface area (Å²) in [4.78, 5) is 1.47. The van der Waals surface area contributed by atoms with E-state index in [1.54, 1.807) is 30.3 Å². The molecule has 5 nitrogen and oxygen atoms in total. The van der Waals surface area contributed by atoms with Crippen LogP contribution in [-0.2, 0) is 0 Å². The Morgan fingerprint density at radius 1 is 0.750 bits per heavy atom. The van der Waals surface area contributed by atoms with Gasteiger partial charge in [-0.15, -0.1) is 15.0 Å². The number of phenolic OH excluding ortho intramolecular Hbond substituents is 2. The van der Waals surface area contributed by atoms with Crippen LogP contribution in [0.5, 0.6) is 11.5 Å². The Hall–Kier alpha value is -3.34. The number of nitrogens with zero attached hydrogens (tertiary/aromatic N) is 3. The highest BCUT2D eigenvalue weighted by Gasteiger charge is 2.08. The predicted octanol–water partition coefficient (Wildman–Crippen LogP) is 3.83. The van der Waals surface area contributed by atoms with E-state index in [0.717, 1.165) is 16.6 Å². The zero-order valence-corrected chi connectivity index (χ0v) is 13.2. The molecule has 0 radical (unpaired) electrons. The van der Waals surface area contributed by atoms with Crippen molar-refractivity contribution in [2.75, 3.05) is 0 Å². The molecule has 0 unspecified atom stereocenters. The summed E-state index contributed by atoms with van der Waals surface area (Å²) < 4.78 is 0. The van der Waals surface area contributed by atoms with Crippen LogP contribution in [0.3, 0.4) is 0 Å². The summed E-state index contributed by atoms with van der Waals surface area (Å²) >= 11 is 0. The van der Waals surface area contributed by atoms with Gasteiger partial charge in [-0.2, -0.15) is 0 Å². The zero-order chi connectivity index (χ0) is 16.9. The van der Waals surface area contributed by atoms with Gasteiger partial charge >= 0.3 is 0 Å². The molecule has 4 aromatic rings. The Labute approximate surface area is 139 Å². The number of aromatic nitrogens is 3. The molecule has 0 aliphatic heterocycles. The summed E-state index contributed by atoms with van der Waals surface area (Å²) in [6, 6.07) is 21.7. The van der Waals surface area contributed by atoms with E-state index in [-0.39, 0.29) is 5.75 Å². The highest BCUT2D eigenvalue weighted by molar-refractivity contribution is 5.73. The molecule has 0 aliphatic rings. The molecule has 5 heteroatoms. The second kappa shape index (κ2) is 6.83. The van der Waals surface area contributed by atoms with Gasteiger partial charge in [-0.1, -0.05) is 36.4 Å². The first-order chi connectivity index (χ1) is 11.6. The third kappa shape index (κ3) is 3.52. The lowest BCUT2D eigenvalue weighted by molar-refractivity contribution is 0.467. The lowest BCUT2D eigenvalue weighted by Crippen LogP contribution is -1.99. The van der Waals surface area contributed by atoms with E-state index in [1.165, 1.54) is 4.80 Å². The van der Waals surface area contributed by atoms with E-state index >= 15 is 0 Å². The number of aromatic hydroxyl groups is 2. The van der Waals surface area contributed by atoms with Crippen molar-refractivity contribution in [3.63, 3.8) is 0 Å². The van der Waals surface area contributed by atoms with Gasteiger partial charge in [-0.25, -0.2) is 0 Å². The van der Waals surface area contributed by atoms with Crippen LogP contribution in [0.25, 0.3) is 16.7 Å². The Morgan fingerprint density at radius 2 is 1.33 bits per heavy atom. The van der Waals surface area contributed by atoms with E-state index in [2.05, 4.69) is 10.2 Å². The molecule has 0 bridgehead atoms. The minimum absolute atomic E-state index is 0.177. The van der Waals surface area contributed by atoms with Gasteiger partial charge in [0.05, 0.1) is 0 Å². The summed E-state index contributed by atoms with van der Waals surface area (Å²) in [6.45, 7) is 1.96. The summed E-state index contributed by atoms with van der Waals surface area (Å²) in [7, 11) is 0. The SMILES string of the molecule is Cc1ccc(O)c(-n2nc3ccccc3n2)c1.Oc1ccccc1. The average Bonchev–Trinajstić information content (AvgIpc) is 3.02. The molecule has 1 heterocycles. The third-order valence-electron chi connectivity index (χ3n) is 3.39. The van der Waals surface area contributed by atoms with E-state index in [0.29, 0.717) is 11.4 Å². The van der Waals surface area contributed by atoms with Crippen LogP contribution in [0.4, 0.5) is 0 Å². The van der Waals surface area contributed by atoms with Gasteiger partial charge < -0.3 is 10.2 Å². The van der Waals surface area contributed by atoms with Gasteiger partial charge in [0, 0.05) is 0 Å². The van der Waals surface area contributed by atoms with Crippen LogP contribution in [0.1, 0.15) is 5.56 Å². The topological polar surface area (TPSA) is 71.2 Å². The minimum Gasteiger partial charge on any atom is -0.508 e. The fraction of sp³-hybridized carbons (Fsp3) is 0.0526. The summed E-state index contributed by atoms with van der Waals surface area (Å²) in [5.74, 6) is 0.499. The highest BCUT2D eigenvalue weighted by atomic mass is 16.3. The van der Waals surface area contributed by atoms with Crippen LogP contribution in [0.15, 0.2) is 72.8 Å². The van der Waals surface area contributed by atoms with Gasteiger partial charge in [0.2, 0.25) is 0 Å². The Kier molecular flexibility index (Phi) is 4.43. The van der Waals surface area contributed by atoms with E-state index in [9.17, 15) is 5.11 Å². The molecule has 0 fully saturated rings. The summed E-state index contributed by atoms with van der Waals surface area (Å²) in [6.07, 6.45) is 0. The second-order valence-corrected chi connectivity index (χ2v) is 5.31. The van der Waals surface area contributed by atoms with Crippen molar-refractivity contribution in [2.45, 2.75) is 6.92 Å². The van der Waals surface area contributed by atoms with Crippen LogP contribution >= 0.6 is 0 Å². The molecule has 0 saturated heterocycles. The first-order valence-corrected chi connectivity index (χ1v) is 7.49. The number of phenols is 2. The Balaban J connectivity index is 0.000000203. The van der Waals surface area contributed by atoms with Crippen LogP contribution < -0.4 is 0 Å². The molecule has 0 spiro atoms. The number of hydrogen-bond donors (Lipinski definition) is 2. The highest BCUT2D eigenvalue weighted by Crippen LogP contribution is 2.22. The van der Waals surface area contributed by atoms with Crippen molar-refractivity contribution < 1.29 is 10.2 Å². The minimum atomic E-state index is 0.177. The number of rotatable bonds is 1. The van der Waals surface area contributed by atoms with Crippen molar-refractivity contribution in [1.29, 1.82) is 0 Å². The zero-order valence-electron chi connectivity index (χ0n) is 13.2. The smallest absolute Gasteiger partial charge is 0.143 e. The molecular weight excluding hydrogens is 302 g/mol. The predicted molar refractivity (Wildman–Crippen MR) is 93.4 cm³/mol. The quantitative estimate of drug-likeness (QED) is 0.559. The standard InChI is InChI=1S/C13H11N3O.C6H6O/c1-9-6-7-13(17)12(8-9)16-14-10-4-2-3-5-11(10)15-16;7-6-4-2-1-3-5-6/h2-8,17H,1H3;1-5,7H. The van der Waals surface area contributed by atoms with Gasteiger partial charge in [-0.05, 0) is 48.9 Å². The Bertz CT molecular complexity index is 916. The van der Waals surface area contributed by atoms with Crippen LogP contribution in [0, 0.1) is 6.92 Å². The molecule has 24 heavy (non-hydrogen) atoms. The third-order valence-corrected chi connectivity index (χ3v) is 3.39. The lowest BCUT2D eigenvalue weighted by Gasteiger charge is -2.03. The van der Waals surface area contributed by atoms with Gasteiger partial charge in [0.15, 0.2) is 0 Å². The van der Waals surface area contributed by atoms with Gasteiger partial charge in [0.25, 0.3) is 0 Å². The van der Waals surface area contributed by atoms with E-state index in [1.807, 2.05) is 49.4 Å². The molecule has 1 aromatic heterocycles. The molecule has 4 rings (SSSR count). The maximum absolute atomic E-state index is 9.81. The number of benzene rings is 3.